The van der Waals surface area contributed by atoms with E-state index in [1.165, 1.54) is 5.56 Å². The smallest absolute Gasteiger partial charge is 0.144 e. The fourth-order valence-electron chi connectivity index (χ4n) is 1.61. The molecule has 1 heterocycles. The van der Waals surface area contributed by atoms with Gasteiger partial charge in [0, 0.05) is 6.20 Å². The van der Waals surface area contributed by atoms with E-state index >= 15 is 0 Å². The average Bonchev–Trinajstić information content (AvgIpc) is 2.46. The molecule has 0 unspecified atom stereocenters. The van der Waals surface area contributed by atoms with Crippen LogP contribution in [0.5, 0.6) is 5.75 Å². The Hall–Kier alpha value is -2.54. The zero-order chi connectivity index (χ0) is 13.5. The highest BCUT2D eigenvalue weighted by Crippen LogP contribution is 2.12. The Balaban J connectivity index is 1.81. The number of pyridine rings is 1. The number of rotatable bonds is 5. The average molecular weight is 253 g/mol. The minimum atomic E-state index is 0.518. The van der Waals surface area contributed by atoms with Crippen molar-refractivity contribution in [3.05, 3.63) is 53.7 Å². The van der Waals surface area contributed by atoms with Crippen LogP contribution in [0.3, 0.4) is 0 Å². The second-order valence-corrected chi connectivity index (χ2v) is 4.10. The van der Waals surface area contributed by atoms with Crippen LogP contribution in [-0.2, 0) is 0 Å². The lowest BCUT2D eigenvalue weighted by Gasteiger charge is -2.09. The summed E-state index contributed by atoms with van der Waals surface area (Å²) in [6.07, 6.45) is 1.66. The molecule has 0 saturated carbocycles. The molecular weight excluding hydrogens is 238 g/mol. The fourth-order valence-corrected chi connectivity index (χ4v) is 1.61. The lowest BCUT2D eigenvalue weighted by atomic mass is 10.2. The van der Waals surface area contributed by atoms with Crippen molar-refractivity contribution < 1.29 is 4.74 Å². The summed E-state index contributed by atoms with van der Waals surface area (Å²) >= 11 is 0. The zero-order valence-corrected chi connectivity index (χ0v) is 10.8. The van der Waals surface area contributed by atoms with E-state index in [1.807, 2.05) is 31.2 Å². The summed E-state index contributed by atoms with van der Waals surface area (Å²) in [6, 6.07) is 13.5. The Kier molecular flexibility index (Phi) is 4.35. The molecule has 4 heteroatoms. The van der Waals surface area contributed by atoms with E-state index in [0.717, 1.165) is 5.75 Å². The number of nitrogens with one attached hydrogen (secondary N) is 1. The molecule has 2 rings (SSSR count). The topological polar surface area (TPSA) is 57.9 Å². The molecule has 0 aliphatic rings. The van der Waals surface area contributed by atoms with Crippen molar-refractivity contribution in [1.29, 1.82) is 5.26 Å². The summed E-state index contributed by atoms with van der Waals surface area (Å²) in [4.78, 5) is 4.12. The van der Waals surface area contributed by atoms with Gasteiger partial charge in [-0.2, -0.15) is 5.26 Å². The third-order valence-electron chi connectivity index (χ3n) is 2.61. The van der Waals surface area contributed by atoms with Gasteiger partial charge in [-0.25, -0.2) is 4.98 Å². The molecule has 1 N–H and O–H groups in total. The van der Waals surface area contributed by atoms with Crippen LogP contribution in [0.4, 0.5) is 5.82 Å². The molecule has 0 amide bonds. The molecule has 1 aromatic heterocycles. The first-order valence-corrected chi connectivity index (χ1v) is 6.08. The van der Waals surface area contributed by atoms with Gasteiger partial charge in [0.15, 0.2) is 0 Å². The van der Waals surface area contributed by atoms with Crippen molar-refractivity contribution in [2.75, 3.05) is 18.5 Å². The number of benzene rings is 1. The maximum atomic E-state index is 8.92. The Morgan fingerprint density at radius 1 is 1.26 bits per heavy atom. The standard InChI is InChI=1S/C15H15N3O/c1-12-4-6-14(7-5-12)19-10-9-18-15-13(11-16)3-2-8-17-15/h2-8H,9-10H2,1H3,(H,17,18). The van der Waals surface area contributed by atoms with Crippen molar-refractivity contribution in [2.24, 2.45) is 0 Å². The van der Waals surface area contributed by atoms with E-state index < -0.39 is 0 Å². The number of aryl methyl sites for hydroxylation is 1. The van der Waals surface area contributed by atoms with Crippen LogP contribution >= 0.6 is 0 Å². The van der Waals surface area contributed by atoms with Crippen molar-refractivity contribution in [1.82, 2.24) is 4.98 Å². The third-order valence-corrected chi connectivity index (χ3v) is 2.61. The molecule has 0 aliphatic heterocycles. The van der Waals surface area contributed by atoms with Gasteiger partial charge in [0.25, 0.3) is 0 Å². The second-order valence-electron chi connectivity index (χ2n) is 4.10. The molecule has 0 spiro atoms. The maximum Gasteiger partial charge on any atom is 0.144 e. The summed E-state index contributed by atoms with van der Waals surface area (Å²) in [5.41, 5.74) is 1.75. The first kappa shape index (κ1) is 12.9. The lowest BCUT2D eigenvalue weighted by molar-refractivity contribution is 0.332. The minimum Gasteiger partial charge on any atom is -0.492 e. The Morgan fingerprint density at radius 3 is 2.79 bits per heavy atom. The van der Waals surface area contributed by atoms with Gasteiger partial charge in [0.1, 0.15) is 24.2 Å². The highest BCUT2D eigenvalue weighted by atomic mass is 16.5. The number of hydrogen-bond acceptors (Lipinski definition) is 4. The summed E-state index contributed by atoms with van der Waals surface area (Å²) in [6.45, 7) is 3.15. The number of ether oxygens (including phenoxy) is 1. The Bertz CT molecular complexity index is 573. The minimum absolute atomic E-state index is 0.518. The molecule has 4 nitrogen and oxygen atoms in total. The van der Waals surface area contributed by atoms with Gasteiger partial charge in [0.05, 0.1) is 12.1 Å². The molecule has 0 fully saturated rings. The molecule has 0 saturated heterocycles. The molecule has 0 aliphatic carbocycles. The van der Waals surface area contributed by atoms with Gasteiger partial charge in [0.2, 0.25) is 0 Å². The number of nitriles is 1. The van der Waals surface area contributed by atoms with Crippen LogP contribution in [0.15, 0.2) is 42.6 Å². The normalized spacial score (nSPS) is 9.68. The lowest BCUT2D eigenvalue weighted by Crippen LogP contribution is -2.13. The van der Waals surface area contributed by atoms with E-state index in [-0.39, 0.29) is 0 Å². The highest BCUT2D eigenvalue weighted by molar-refractivity contribution is 5.51. The molecule has 2 aromatic rings. The molecular formula is C15H15N3O. The van der Waals surface area contributed by atoms with Crippen molar-refractivity contribution in [2.45, 2.75) is 6.92 Å². The van der Waals surface area contributed by atoms with Crippen LogP contribution in [0.1, 0.15) is 11.1 Å². The summed E-state index contributed by atoms with van der Waals surface area (Å²) in [5.74, 6) is 1.44. The number of anilines is 1. The predicted octanol–water partition coefficient (Wildman–Crippen LogP) is 2.75. The van der Waals surface area contributed by atoms with Gasteiger partial charge in [-0.1, -0.05) is 17.7 Å². The maximum absolute atomic E-state index is 8.92. The number of hydrogen-bond donors (Lipinski definition) is 1. The van der Waals surface area contributed by atoms with E-state index in [2.05, 4.69) is 16.4 Å². The van der Waals surface area contributed by atoms with E-state index in [4.69, 9.17) is 10.00 Å². The van der Waals surface area contributed by atoms with E-state index in [9.17, 15) is 0 Å². The van der Waals surface area contributed by atoms with Crippen LogP contribution in [0, 0.1) is 18.3 Å². The van der Waals surface area contributed by atoms with Crippen molar-refractivity contribution in [3.63, 3.8) is 0 Å². The predicted molar refractivity (Wildman–Crippen MR) is 74.1 cm³/mol. The first-order chi connectivity index (χ1) is 9.29. The zero-order valence-electron chi connectivity index (χ0n) is 10.8. The van der Waals surface area contributed by atoms with Gasteiger partial charge in [-0.15, -0.1) is 0 Å². The molecule has 96 valence electrons. The second kappa shape index (κ2) is 6.41. The third kappa shape index (κ3) is 3.71. The van der Waals surface area contributed by atoms with Crippen LogP contribution in [-0.4, -0.2) is 18.1 Å². The van der Waals surface area contributed by atoms with Crippen LogP contribution in [0.25, 0.3) is 0 Å². The van der Waals surface area contributed by atoms with Crippen molar-refractivity contribution >= 4 is 5.82 Å². The molecule has 0 bridgehead atoms. The number of nitrogens with zero attached hydrogens (tertiary/aromatic N) is 2. The molecule has 1 aromatic carbocycles. The van der Waals surface area contributed by atoms with Gasteiger partial charge >= 0.3 is 0 Å². The monoisotopic (exact) mass is 253 g/mol. The quantitative estimate of drug-likeness (QED) is 0.832. The number of aromatic nitrogens is 1. The Labute approximate surface area is 112 Å². The summed E-state index contributed by atoms with van der Waals surface area (Å²) in [7, 11) is 0. The van der Waals surface area contributed by atoms with Crippen molar-refractivity contribution in [3.8, 4) is 11.8 Å². The summed E-state index contributed by atoms with van der Waals surface area (Å²) in [5, 5.41) is 12.0. The van der Waals surface area contributed by atoms with E-state index in [1.54, 1.807) is 18.3 Å². The fraction of sp³-hybridized carbons (Fsp3) is 0.200. The highest BCUT2D eigenvalue weighted by Gasteiger charge is 2.00. The molecule has 19 heavy (non-hydrogen) atoms. The Morgan fingerprint density at radius 2 is 2.05 bits per heavy atom. The van der Waals surface area contributed by atoms with E-state index in [0.29, 0.717) is 24.5 Å². The van der Waals surface area contributed by atoms with Gasteiger partial charge in [-0.05, 0) is 31.2 Å². The molecule has 0 atom stereocenters. The molecule has 0 radical (unpaired) electrons. The summed E-state index contributed by atoms with van der Waals surface area (Å²) < 4.78 is 5.58. The van der Waals surface area contributed by atoms with Gasteiger partial charge in [-0.3, -0.25) is 0 Å². The van der Waals surface area contributed by atoms with Crippen LogP contribution in [0.2, 0.25) is 0 Å². The largest absolute Gasteiger partial charge is 0.492 e. The first-order valence-electron chi connectivity index (χ1n) is 6.08. The van der Waals surface area contributed by atoms with Crippen LogP contribution < -0.4 is 10.1 Å². The van der Waals surface area contributed by atoms with Gasteiger partial charge < -0.3 is 10.1 Å². The SMILES string of the molecule is Cc1ccc(OCCNc2ncccc2C#N)cc1.